The van der Waals surface area contributed by atoms with Gasteiger partial charge in [-0.05, 0) is 38.0 Å². The second-order valence-corrected chi connectivity index (χ2v) is 5.21. The van der Waals surface area contributed by atoms with Crippen LogP contribution in [0.1, 0.15) is 51.9 Å². The summed E-state index contributed by atoms with van der Waals surface area (Å²) in [6.45, 7) is 5.96. The van der Waals surface area contributed by atoms with E-state index in [0.717, 1.165) is 32.1 Å². The van der Waals surface area contributed by atoms with Crippen molar-refractivity contribution in [1.82, 2.24) is 0 Å². The minimum Gasteiger partial charge on any atom is -0.390 e. The Balaban J connectivity index is 2.52. The van der Waals surface area contributed by atoms with Crippen molar-refractivity contribution in [3.8, 4) is 0 Å². The van der Waals surface area contributed by atoms with Crippen LogP contribution in [0.5, 0.6) is 0 Å². The molecule has 0 aromatic rings. The van der Waals surface area contributed by atoms with Crippen LogP contribution in [0.2, 0.25) is 0 Å². The number of unbranched alkanes of at least 4 members (excludes halogenated alkanes) is 1. The lowest BCUT2D eigenvalue weighted by atomic mass is 9.74. The van der Waals surface area contributed by atoms with Gasteiger partial charge in [-0.2, -0.15) is 0 Å². The van der Waals surface area contributed by atoms with Crippen molar-refractivity contribution in [3.63, 3.8) is 0 Å². The van der Waals surface area contributed by atoms with Crippen LogP contribution in [0.25, 0.3) is 0 Å². The molecule has 3 unspecified atom stereocenters. The molecule has 0 saturated heterocycles. The van der Waals surface area contributed by atoms with E-state index < -0.39 is 0 Å². The number of allylic oxidation sites excluding steroid dienone is 1. The number of aliphatic hydroxyl groups excluding tert-OH is 1. The zero-order valence-electron chi connectivity index (χ0n) is 10.7. The SMILES string of the molecule is C=CCCCC(O)C1(OC)CCCC(C)C1. The third kappa shape index (κ3) is 3.33. The van der Waals surface area contributed by atoms with Crippen molar-refractivity contribution in [2.45, 2.75) is 63.6 Å². The number of hydrogen-bond acceptors (Lipinski definition) is 2. The minimum absolute atomic E-state index is 0.279. The van der Waals surface area contributed by atoms with Crippen LogP contribution in [0.3, 0.4) is 0 Å². The first kappa shape index (κ1) is 13.7. The fourth-order valence-electron chi connectivity index (χ4n) is 2.89. The summed E-state index contributed by atoms with van der Waals surface area (Å²) in [6.07, 6.45) is 8.85. The second kappa shape index (κ2) is 6.41. The molecule has 1 aliphatic carbocycles. The van der Waals surface area contributed by atoms with E-state index in [1.54, 1.807) is 7.11 Å². The standard InChI is InChI=1S/C14H26O2/c1-4-5-6-9-13(15)14(16-3)10-7-8-12(2)11-14/h4,12-13,15H,1,5-11H2,2-3H3. The van der Waals surface area contributed by atoms with Crippen LogP contribution in [0.4, 0.5) is 0 Å². The second-order valence-electron chi connectivity index (χ2n) is 5.21. The maximum absolute atomic E-state index is 10.3. The number of rotatable bonds is 6. The molecule has 2 nitrogen and oxygen atoms in total. The van der Waals surface area contributed by atoms with Gasteiger partial charge in [-0.3, -0.25) is 0 Å². The van der Waals surface area contributed by atoms with Gasteiger partial charge in [-0.25, -0.2) is 0 Å². The molecule has 1 N–H and O–H groups in total. The number of methoxy groups -OCH3 is 1. The van der Waals surface area contributed by atoms with Crippen LogP contribution in [0, 0.1) is 5.92 Å². The van der Waals surface area contributed by atoms with Gasteiger partial charge in [-0.1, -0.05) is 25.8 Å². The first-order valence-corrected chi connectivity index (χ1v) is 6.48. The Bertz CT molecular complexity index is 215. The molecular formula is C14H26O2. The summed E-state index contributed by atoms with van der Waals surface area (Å²) in [5.41, 5.74) is -0.279. The van der Waals surface area contributed by atoms with Crippen LogP contribution < -0.4 is 0 Å². The van der Waals surface area contributed by atoms with Gasteiger partial charge in [0.1, 0.15) is 0 Å². The fourth-order valence-corrected chi connectivity index (χ4v) is 2.89. The van der Waals surface area contributed by atoms with Gasteiger partial charge in [0.2, 0.25) is 0 Å². The summed E-state index contributed by atoms with van der Waals surface area (Å²) in [6, 6.07) is 0. The van der Waals surface area contributed by atoms with Crippen LogP contribution in [-0.4, -0.2) is 23.9 Å². The predicted octanol–water partition coefficient (Wildman–Crippen LogP) is 3.30. The molecule has 1 aliphatic rings. The lowest BCUT2D eigenvalue weighted by Crippen LogP contribution is -2.47. The van der Waals surface area contributed by atoms with E-state index in [-0.39, 0.29) is 11.7 Å². The Morgan fingerprint density at radius 2 is 2.38 bits per heavy atom. The van der Waals surface area contributed by atoms with Crippen molar-refractivity contribution in [2.24, 2.45) is 5.92 Å². The highest BCUT2D eigenvalue weighted by atomic mass is 16.5. The molecule has 16 heavy (non-hydrogen) atoms. The highest BCUT2D eigenvalue weighted by molar-refractivity contribution is 4.93. The Morgan fingerprint density at radius 1 is 1.62 bits per heavy atom. The van der Waals surface area contributed by atoms with Crippen LogP contribution >= 0.6 is 0 Å². The van der Waals surface area contributed by atoms with Gasteiger partial charge in [0.25, 0.3) is 0 Å². The molecule has 1 saturated carbocycles. The van der Waals surface area contributed by atoms with Crippen molar-refractivity contribution in [1.29, 1.82) is 0 Å². The summed E-state index contributed by atoms with van der Waals surface area (Å²) in [4.78, 5) is 0. The molecule has 0 heterocycles. The molecule has 0 aliphatic heterocycles. The molecule has 1 fully saturated rings. The van der Waals surface area contributed by atoms with E-state index in [9.17, 15) is 5.11 Å². The molecule has 1 rings (SSSR count). The van der Waals surface area contributed by atoms with E-state index >= 15 is 0 Å². The fraction of sp³-hybridized carbons (Fsp3) is 0.857. The zero-order valence-corrected chi connectivity index (χ0v) is 10.7. The van der Waals surface area contributed by atoms with Crippen molar-refractivity contribution in [2.75, 3.05) is 7.11 Å². The van der Waals surface area contributed by atoms with E-state index in [0.29, 0.717) is 5.92 Å². The summed E-state index contributed by atoms with van der Waals surface area (Å²) in [7, 11) is 1.74. The lowest BCUT2D eigenvalue weighted by molar-refractivity contribution is -0.134. The van der Waals surface area contributed by atoms with Crippen LogP contribution in [0.15, 0.2) is 12.7 Å². The Morgan fingerprint density at radius 3 is 2.94 bits per heavy atom. The quantitative estimate of drug-likeness (QED) is 0.556. The van der Waals surface area contributed by atoms with Gasteiger partial charge in [0, 0.05) is 7.11 Å². The molecule has 0 radical (unpaired) electrons. The maximum Gasteiger partial charge on any atom is 0.0938 e. The summed E-state index contributed by atoms with van der Waals surface area (Å²) in [5.74, 6) is 0.669. The Hall–Kier alpha value is -0.340. The Kier molecular flexibility index (Phi) is 5.50. The minimum atomic E-state index is -0.319. The molecule has 94 valence electrons. The molecular weight excluding hydrogens is 200 g/mol. The van der Waals surface area contributed by atoms with Gasteiger partial charge in [-0.15, -0.1) is 6.58 Å². The number of ether oxygens (including phenoxy) is 1. The molecule has 0 bridgehead atoms. The molecule has 0 aromatic heterocycles. The van der Waals surface area contributed by atoms with Crippen molar-refractivity contribution < 1.29 is 9.84 Å². The zero-order chi connectivity index (χ0) is 12.0. The van der Waals surface area contributed by atoms with Crippen molar-refractivity contribution >= 4 is 0 Å². The van der Waals surface area contributed by atoms with Crippen LogP contribution in [-0.2, 0) is 4.74 Å². The largest absolute Gasteiger partial charge is 0.390 e. The smallest absolute Gasteiger partial charge is 0.0938 e. The van der Waals surface area contributed by atoms with Gasteiger partial charge in [0.15, 0.2) is 0 Å². The van der Waals surface area contributed by atoms with E-state index in [1.165, 1.54) is 12.8 Å². The molecule has 3 atom stereocenters. The van der Waals surface area contributed by atoms with Crippen molar-refractivity contribution in [3.05, 3.63) is 12.7 Å². The maximum atomic E-state index is 10.3. The third-order valence-electron chi connectivity index (χ3n) is 3.89. The molecule has 2 heteroatoms. The lowest BCUT2D eigenvalue weighted by Gasteiger charge is -2.42. The van der Waals surface area contributed by atoms with E-state index in [4.69, 9.17) is 4.74 Å². The highest BCUT2D eigenvalue weighted by Crippen LogP contribution is 2.38. The summed E-state index contributed by atoms with van der Waals surface area (Å²) < 4.78 is 5.67. The average Bonchev–Trinajstić information content (AvgIpc) is 2.29. The topological polar surface area (TPSA) is 29.5 Å². The van der Waals surface area contributed by atoms with Gasteiger partial charge < -0.3 is 9.84 Å². The van der Waals surface area contributed by atoms with Gasteiger partial charge >= 0.3 is 0 Å². The molecule has 0 amide bonds. The van der Waals surface area contributed by atoms with E-state index in [2.05, 4.69) is 13.5 Å². The third-order valence-corrected chi connectivity index (χ3v) is 3.89. The average molecular weight is 226 g/mol. The number of hydrogen-bond donors (Lipinski definition) is 1. The first-order chi connectivity index (χ1) is 7.64. The van der Waals surface area contributed by atoms with E-state index in [1.807, 2.05) is 6.08 Å². The number of aliphatic hydroxyl groups is 1. The van der Waals surface area contributed by atoms with Gasteiger partial charge in [0.05, 0.1) is 11.7 Å². The predicted molar refractivity (Wildman–Crippen MR) is 67.4 cm³/mol. The molecule has 0 aromatic carbocycles. The monoisotopic (exact) mass is 226 g/mol. The Labute approximate surface area is 99.7 Å². The molecule has 0 spiro atoms. The normalized spacial score (nSPS) is 32.3. The highest BCUT2D eigenvalue weighted by Gasteiger charge is 2.40. The summed E-state index contributed by atoms with van der Waals surface area (Å²) in [5, 5.41) is 10.3. The first-order valence-electron chi connectivity index (χ1n) is 6.48. The summed E-state index contributed by atoms with van der Waals surface area (Å²) >= 11 is 0.